The van der Waals surface area contributed by atoms with Gasteiger partial charge >= 0.3 is 0 Å². The molecule has 4 aliphatic carbocycles. The summed E-state index contributed by atoms with van der Waals surface area (Å²) in [6, 6.07) is 0. The van der Waals surface area contributed by atoms with Gasteiger partial charge in [-0.15, -0.1) is 0 Å². The number of hydrogen-bond acceptors (Lipinski definition) is 0. The fourth-order valence-corrected chi connectivity index (χ4v) is 2.90. The lowest BCUT2D eigenvalue weighted by Gasteiger charge is -1.93. The van der Waals surface area contributed by atoms with Gasteiger partial charge in [-0.05, 0) is 36.0 Å². The van der Waals surface area contributed by atoms with Crippen LogP contribution in [0, 0.1) is 29.6 Å². The Labute approximate surface area is 43.9 Å². The average molecular weight is 94.2 g/mol. The molecule has 0 radical (unpaired) electrons. The summed E-state index contributed by atoms with van der Waals surface area (Å²) >= 11 is 0. The van der Waals surface area contributed by atoms with Crippen molar-refractivity contribution in [2.75, 3.05) is 0 Å². The van der Waals surface area contributed by atoms with E-state index >= 15 is 0 Å². The van der Waals surface area contributed by atoms with Crippen LogP contribution in [0.3, 0.4) is 0 Å². The van der Waals surface area contributed by atoms with Crippen LogP contribution >= 0.6 is 0 Å². The maximum atomic E-state index is 2.42. The summed E-state index contributed by atoms with van der Waals surface area (Å²) in [6.45, 7) is 2.42. The fraction of sp³-hybridized carbons (Fsp3) is 1.00. The second-order valence-electron chi connectivity index (χ2n) is 3.61. The van der Waals surface area contributed by atoms with Gasteiger partial charge in [0.15, 0.2) is 0 Å². The minimum Gasteiger partial charge on any atom is -0.0622 e. The Morgan fingerprint density at radius 2 is 1.86 bits per heavy atom. The molecule has 0 aromatic heterocycles. The second-order valence-corrected chi connectivity index (χ2v) is 3.61. The van der Waals surface area contributed by atoms with Crippen molar-refractivity contribution in [2.45, 2.75) is 13.3 Å². The molecule has 0 spiro atoms. The Bertz CT molecular complexity index is 111. The predicted molar refractivity (Wildman–Crippen MR) is 27.7 cm³/mol. The molecular formula is C7H10. The summed E-state index contributed by atoms with van der Waals surface area (Å²) in [7, 11) is 0. The summed E-state index contributed by atoms with van der Waals surface area (Å²) in [5, 5.41) is 0. The first-order chi connectivity index (χ1) is 3.39. The van der Waals surface area contributed by atoms with Crippen molar-refractivity contribution in [3.63, 3.8) is 0 Å². The molecule has 4 fully saturated rings. The molecule has 0 heteroatoms. The van der Waals surface area contributed by atoms with Gasteiger partial charge in [-0.2, -0.15) is 0 Å². The van der Waals surface area contributed by atoms with E-state index in [9.17, 15) is 0 Å². The van der Waals surface area contributed by atoms with Crippen LogP contribution in [0.25, 0.3) is 0 Å². The van der Waals surface area contributed by atoms with Crippen molar-refractivity contribution in [3.8, 4) is 0 Å². The molecule has 2 bridgehead atoms. The zero-order chi connectivity index (χ0) is 4.59. The quantitative estimate of drug-likeness (QED) is 0.427. The maximum absolute atomic E-state index is 2.42. The van der Waals surface area contributed by atoms with Crippen LogP contribution in [0.4, 0.5) is 0 Å². The molecule has 0 unspecified atom stereocenters. The Morgan fingerprint density at radius 1 is 1.14 bits per heavy atom. The largest absolute Gasteiger partial charge is 0.0622 e. The van der Waals surface area contributed by atoms with Gasteiger partial charge < -0.3 is 0 Å². The van der Waals surface area contributed by atoms with Crippen molar-refractivity contribution in [3.05, 3.63) is 0 Å². The molecule has 3 atom stereocenters. The Hall–Kier alpha value is 0. The molecule has 0 amide bonds. The first-order valence-corrected chi connectivity index (χ1v) is 3.39. The Balaban J connectivity index is 2.06. The first kappa shape index (κ1) is 3.11. The summed E-state index contributed by atoms with van der Waals surface area (Å²) in [5.41, 5.74) is 0. The molecule has 0 aromatic rings. The predicted octanol–water partition coefficient (Wildman–Crippen LogP) is 1.52. The smallest absolute Gasteiger partial charge is 0.0315 e. The highest BCUT2D eigenvalue weighted by atomic mass is 14.8. The lowest BCUT2D eigenvalue weighted by molar-refractivity contribution is 0.551. The average Bonchev–Trinajstić information content (AvgIpc) is 2.41. The third-order valence-corrected chi connectivity index (χ3v) is 3.34. The maximum Gasteiger partial charge on any atom is -0.0315 e. The van der Waals surface area contributed by atoms with E-state index in [1.807, 2.05) is 0 Å². The van der Waals surface area contributed by atoms with Crippen LogP contribution < -0.4 is 0 Å². The minimum absolute atomic E-state index is 1.12. The van der Waals surface area contributed by atoms with Crippen molar-refractivity contribution >= 4 is 0 Å². The van der Waals surface area contributed by atoms with Crippen molar-refractivity contribution in [1.29, 1.82) is 0 Å². The molecule has 4 saturated carbocycles. The van der Waals surface area contributed by atoms with Crippen LogP contribution in [-0.2, 0) is 0 Å². The third-order valence-electron chi connectivity index (χ3n) is 3.34. The van der Waals surface area contributed by atoms with Crippen LogP contribution in [-0.4, -0.2) is 0 Å². The molecule has 0 N–H and O–H groups in total. The van der Waals surface area contributed by atoms with Gasteiger partial charge in [-0.25, -0.2) is 0 Å². The minimum atomic E-state index is 1.12. The first-order valence-electron chi connectivity index (χ1n) is 3.39. The summed E-state index contributed by atoms with van der Waals surface area (Å²) < 4.78 is 0. The molecule has 38 valence electrons. The molecule has 0 aromatic carbocycles. The van der Waals surface area contributed by atoms with E-state index in [-0.39, 0.29) is 0 Å². The van der Waals surface area contributed by atoms with E-state index in [0.29, 0.717) is 0 Å². The van der Waals surface area contributed by atoms with Gasteiger partial charge in [0.2, 0.25) is 0 Å². The number of hydrogen-bond donors (Lipinski definition) is 0. The lowest BCUT2D eigenvalue weighted by atomic mass is 10.1. The van der Waals surface area contributed by atoms with E-state index in [0.717, 1.165) is 5.92 Å². The molecule has 4 aliphatic rings. The van der Waals surface area contributed by atoms with Crippen LogP contribution in [0.5, 0.6) is 0 Å². The highest BCUT2D eigenvalue weighted by molar-refractivity contribution is 5.26. The van der Waals surface area contributed by atoms with E-state index in [4.69, 9.17) is 0 Å². The Kier molecular flexibility index (Phi) is 0.260. The van der Waals surface area contributed by atoms with Gasteiger partial charge in [-0.1, -0.05) is 6.92 Å². The molecule has 7 heavy (non-hydrogen) atoms. The van der Waals surface area contributed by atoms with Crippen molar-refractivity contribution in [2.24, 2.45) is 29.6 Å². The number of rotatable bonds is 0. The molecule has 4 rings (SSSR count). The van der Waals surface area contributed by atoms with E-state index in [2.05, 4.69) is 6.92 Å². The summed E-state index contributed by atoms with van der Waals surface area (Å²) in [4.78, 5) is 0. The SMILES string of the molecule is C[C@@H]1CC2[C@H]3C1[C@H]23. The van der Waals surface area contributed by atoms with Gasteiger partial charge in [0.1, 0.15) is 0 Å². The van der Waals surface area contributed by atoms with E-state index in [1.54, 1.807) is 6.42 Å². The molecular weight excluding hydrogens is 84.1 g/mol. The monoisotopic (exact) mass is 94.1 g/mol. The molecule has 0 heterocycles. The summed E-state index contributed by atoms with van der Waals surface area (Å²) in [5.74, 6) is 6.16. The van der Waals surface area contributed by atoms with Crippen LogP contribution in [0.15, 0.2) is 0 Å². The van der Waals surface area contributed by atoms with Crippen LogP contribution in [0.1, 0.15) is 13.3 Å². The molecule has 0 nitrogen and oxygen atoms in total. The Morgan fingerprint density at radius 3 is 2.00 bits per heavy atom. The highest BCUT2D eigenvalue weighted by Crippen LogP contribution is 2.83. The zero-order valence-corrected chi connectivity index (χ0v) is 4.59. The standard InChI is InChI=1S/C7H10/c1-3-2-4-6-5(3)7(4)6/h3-7H,2H2,1H3/t3-,4?,5?,6+,7+/m1/s1. The molecule has 0 aliphatic heterocycles. The third kappa shape index (κ3) is 0.167. The topological polar surface area (TPSA) is 0 Å². The highest BCUT2D eigenvalue weighted by Gasteiger charge is 2.78. The second kappa shape index (κ2) is 0.586. The van der Waals surface area contributed by atoms with E-state index in [1.165, 1.54) is 23.7 Å². The van der Waals surface area contributed by atoms with Gasteiger partial charge in [-0.3, -0.25) is 0 Å². The number of fused-ring (bicyclic) bond motifs is 1. The van der Waals surface area contributed by atoms with Crippen LogP contribution in [0.2, 0.25) is 0 Å². The fourth-order valence-electron chi connectivity index (χ4n) is 2.90. The zero-order valence-electron chi connectivity index (χ0n) is 4.59. The normalized spacial score (nSPS) is 81.0. The summed E-state index contributed by atoms with van der Waals surface area (Å²) in [6.07, 6.45) is 1.58. The van der Waals surface area contributed by atoms with Crippen molar-refractivity contribution in [1.82, 2.24) is 0 Å². The lowest BCUT2D eigenvalue weighted by Crippen LogP contribution is -1.87. The van der Waals surface area contributed by atoms with Gasteiger partial charge in [0, 0.05) is 0 Å². The van der Waals surface area contributed by atoms with Gasteiger partial charge in [0.05, 0.1) is 0 Å². The van der Waals surface area contributed by atoms with E-state index < -0.39 is 0 Å². The molecule has 0 saturated heterocycles. The van der Waals surface area contributed by atoms with Crippen molar-refractivity contribution < 1.29 is 0 Å². The van der Waals surface area contributed by atoms with Gasteiger partial charge in [0.25, 0.3) is 0 Å².